The molecular formula is C16H26N2O2S. The first-order valence-corrected chi connectivity index (χ1v) is 9.31. The molecule has 0 amide bonds. The Morgan fingerprint density at radius 1 is 1.29 bits per heavy atom. The van der Waals surface area contributed by atoms with Crippen molar-refractivity contribution in [1.29, 1.82) is 0 Å². The molecule has 0 radical (unpaired) electrons. The minimum Gasteiger partial charge on any atom is -0.313 e. The fourth-order valence-corrected chi connectivity index (χ4v) is 4.06. The number of nitrogens with one attached hydrogen (secondary N) is 1. The smallest absolute Gasteiger partial charge is 0.243 e. The SMILES string of the molecule is CCCN(CC1CC1)S(=O)(=O)c1cccc(CNCC)c1. The van der Waals surface area contributed by atoms with Crippen LogP contribution in [0.15, 0.2) is 29.2 Å². The molecule has 1 aromatic carbocycles. The summed E-state index contributed by atoms with van der Waals surface area (Å²) in [4.78, 5) is 0.423. The highest BCUT2D eigenvalue weighted by Crippen LogP contribution is 2.31. The van der Waals surface area contributed by atoms with E-state index in [-0.39, 0.29) is 0 Å². The van der Waals surface area contributed by atoms with Gasteiger partial charge in [-0.05, 0) is 49.4 Å². The van der Waals surface area contributed by atoms with Gasteiger partial charge >= 0.3 is 0 Å². The van der Waals surface area contributed by atoms with Crippen molar-refractivity contribution in [3.8, 4) is 0 Å². The van der Waals surface area contributed by atoms with Gasteiger partial charge in [0.05, 0.1) is 4.90 Å². The second-order valence-corrected chi connectivity index (χ2v) is 7.67. The van der Waals surface area contributed by atoms with E-state index in [1.165, 1.54) is 0 Å². The van der Waals surface area contributed by atoms with Gasteiger partial charge in [0.1, 0.15) is 0 Å². The molecule has 0 aromatic heterocycles. The van der Waals surface area contributed by atoms with Crippen molar-refractivity contribution in [2.24, 2.45) is 5.92 Å². The van der Waals surface area contributed by atoms with Gasteiger partial charge in [0, 0.05) is 19.6 Å². The van der Waals surface area contributed by atoms with Crippen molar-refractivity contribution < 1.29 is 8.42 Å². The van der Waals surface area contributed by atoms with Gasteiger partial charge in [-0.25, -0.2) is 8.42 Å². The Labute approximate surface area is 128 Å². The highest BCUT2D eigenvalue weighted by molar-refractivity contribution is 7.89. The van der Waals surface area contributed by atoms with Crippen LogP contribution >= 0.6 is 0 Å². The predicted molar refractivity (Wildman–Crippen MR) is 85.6 cm³/mol. The molecule has 0 bridgehead atoms. The van der Waals surface area contributed by atoms with Crippen molar-refractivity contribution in [2.75, 3.05) is 19.6 Å². The second-order valence-electron chi connectivity index (χ2n) is 5.73. The normalized spacial score (nSPS) is 15.6. The summed E-state index contributed by atoms with van der Waals surface area (Å²) in [5.41, 5.74) is 1.01. The Morgan fingerprint density at radius 2 is 2.05 bits per heavy atom. The third kappa shape index (κ3) is 4.53. The van der Waals surface area contributed by atoms with Gasteiger partial charge in [-0.15, -0.1) is 0 Å². The quantitative estimate of drug-likeness (QED) is 0.763. The van der Waals surface area contributed by atoms with E-state index in [1.807, 2.05) is 26.0 Å². The summed E-state index contributed by atoms with van der Waals surface area (Å²) in [7, 11) is -3.36. The molecule has 21 heavy (non-hydrogen) atoms. The van der Waals surface area contributed by atoms with Gasteiger partial charge in [0.2, 0.25) is 10.0 Å². The fraction of sp³-hybridized carbons (Fsp3) is 0.625. The Kier molecular flexibility index (Phi) is 5.79. The Morgan fingerprint density at radius 3 is 2.67 bits per heavy atom. The van der Waals surface area contributed by atoms with Gasteiger partial charge in [0.15, 0.2) is 0 Å². The molecule has 1 N–H and O–H groups in total. The summed E-state index contributed by atoms with van der Waals surface area (Å²) in [5, 5.41) is 3.23. The van der Waals surface area contributed by atoms with Crippen LogP contribution in [0.1, 0.15) is 38.7 Å². The van der Waals surface area contributed by atoms with Crippen molar-refractivity contribution in [2.45, 2.75) is 44.6 Å². The molecule has 0 atom stereocenters. The van der Waals surface area contributed by atoms with Gasteiger partial charge in [-0.3, -0.25) is 0 Å². The third-order valence-corrected chi connectivity index (χ3v) is 5.61. The molecule has 2 rings (SSSR count). The van der Waals surface area contributed by atoms with Gasteiger partial charge in [-0.1, -0.05) is 26.0 Å². The van der Waals surface area contributed by atoms with Crippen LogP contribution < -0.4 is 5.32 Å². The highest BCUT2D eigenvalue weighted by atomic mass is 32.2. The minimum absolute atomic E-state index is 0.423. The zero-order valence-corrected chi connectivity index (χ0v) is 13.8. The number of hydrogen-bond donors (Lipinski definition) is 1. The monoisotopic (exact) mass is 310 g/mol. The maximum Gasteiger partial charge on any atom is 0.243 e. The van der Waals surface area contributed by atoms with Crippen LogP contribution in [0.25, 0.3) is 0 Å². The number of rotatable bonds is 9. The zero-order valence-electron chi connectivity index (χ0n) is 13.0. The molecule has 1 aromatic rings. The fourth-order valence-electron chi connectivity index (χ4n) is 2.38. The highest BCUT2D eigenvalue weighted by Gasteiger charge is 2.31. The van der Waals surface area contributed by atoms with Crippen molar-refractivity contribution in [3.63, 3.8) is 0 Å². The summed E-state index contributed by atoms with van der Waals surface area (Å²) in [6.45, 7) is 6.93. The lowest BCUT2D eigenvalue weighted by Gasteiger charge is -2.22. The largest absolute Gasteiger partial charge is 0.313 e. The predicted octanol–water partition coefficient (Wildman–Crippen LogP) is 2.61. The van der Waals surface area contributed by atoms with Crippen LogP contribution in [-0.2, 0) is 16.6 Å². The first-order chi connectivity index (χ1) is 10.1. The van der Waals surface area contributed by atoms with E-state index in [0.717, 1.165) is 31.4 Å². The van der Waals surface area contributed by atoms with Crippen LogP contribution in [0.4, 0.5) is 0 Å². The van der Waals surface area contributed by atoms with Crippen molar-refractivity contribution >= 4 is 10.0 Å². The lowest BCUT2D eigenvalue weighted by atomic mass is 10.2. The maximum atomic E-state index is 12.8. The van der Waals surface area contributed by atoms with Gasteiger partial charge in [0.25, 0.3) is 0 Å². The standard InChI is InChI=1S/C16H26N2O2S/c1-3-10-18(13-14-8-9-14)21(19,20)16-7-5-6-15(11-16)12-17-4-2/h5-7,11,14,17H,3-4,8-10,12-13H2,1-2H3. The van der Waals surface area contributed by atoms with Crippen LogP contribution in [-0.4, -0.2) is 32.4 Å². The average molecular weight is 310 g/mol. The molecule has 4 nitrogen and oxygen atoms in total. The molecule has 0 saturated heterocycles. The molecule has 1 aliphatic rings. The number of sulfonamides is 1. The topological polar surface area (TPSA) is 49.4 Å². The lowest BCUT2D eigenvalue weighted by molar-refractivity contribution is 0.395. The molecule has 0 spiro atoms. The Hall–Kier alpha value is -0.910. The summed E-state index contributed by atoms with van der Waals surface area (Å²) in [6.07, 6.45) is 3.18. The van der Waals surface area contributed by atoms with E-state index in [0.29, 0.717) is 30.4 Å². The van der Waals surface area contributed by atoms with Crippen LogP contribution in [0, 0.1) is 5.92 Å². The van der Waals surface area contributed by atoms with E-state index >= 15 is 0 Å². The van der Waals surface area contributed by atoms with Crippen LogP contribution in [0.3, 0.4) is 0 Å². The molecule has 118 valence electrons. The van der Waals surface area contributed by atoms with E-state index < -0.39 is 10.0 Å². The Balaban J connectivity index is 2.19. The van der Waals surface area contributed by atoms with Gasteiger partial charge < -0.3 is 5.32 Å². The number of hydrogen-bond acceptors (Lipinski definition) is 3. The maximum absolute atomic E-state index is 12.8. The number of nitrogens with zero attached hydrogens (tertiary/aromatic N) is 1. The summed E-state index contributed by atoms with van der Waals surface area (Å²) in [6, 6.07) is 7.31. The van der Waals surface area contributed by atoms with Crippen LogP contribution in [0.2, 0.25) is 0 Å². The van der Waals surface area contributed by atoms with Gasteiger partial charge in [-0.2, -0.15) is 4.31 Å². The number of benzene rings is 1. The molecule has 5 heteroatoms. The molecule has 1 fully saturated rings. The van der Waals surface area contributed by atoms with E-state index in [2.05, 4.69) is 5.32 Å². The first kappa shape index (κ1) is 16.5. The molecule has 0 unspecified atom stereocenters. The first-order valence-electron chi connectivity index (χ1n) is 7.87. The molecule has 1 saturated carbocycles. The summed E-state index contributed by atoms with van der Waals surface area (Å²) < 4.78 is 27.3. The van der Waals surface area contributed by atoms with Crippen LogP contribution in [0.5, 0.6) is 0 Å². The van der Waals surface area contributed by atoms with E-state index in [9.17, 15) is 8.42 Å². The lowest BCUT2D eigenvalue weighted by Crippen LogP contribution is -2.33. The van der Waals surface area contributed by atoms with E-state index in [1.54, 1.807) is 16.4 Å². The average Bonchev–Trinajstić information content (AvgIpc) is 3.29. The van der Waals surface area contributed by atoms with Crippen molar-refractivity contribution in [1.82, 2.24) is 9.62 Å². The van der Waals surface area contributed by atoms with Crippen molar-refractivity contribution in [3.05, 3.63) is 29.8 Å². The minimum atomic E-state index is -3.36. The van der Waals surface area contributed by atoms with E-state index in [4.69, 9.17) is 0 Å². The molecule has 0 aliphatic heterocycles. The Bertz CT molecular complexity index is 553. The summed E-state index contributed by atoms with van der Waals surface area (Å²) >= 11 is 0. The second kappa shape index (κ2) is 7.38. The zero-order chi connectivity index (χ0) is 15.3. The molecule has 1 aliphatic carbocycles. The molecule has 0 heterocycles. The molecular weight excluding hydrogens is 284 g/mol. The summed E-state index contributed by atoms with van der Waals surface area (Å²) in [5.74, 6) is 0.566. The third-order valence-electron chi connectivity index (χ3n) is 3.75.